The van der Waals surface area contributed by atoms with E-state index in [1.54, 1.807) is 24.3 Å². The van der Waals surface area contributed by atoms with Crippen molar-refractivity contribution in [2.75, 3.05) is 5.73 Å². The maximum atomic E-state index is 11.6. The fraction of sp³-hybridized carbons (Fsp3) is 0. The molecular formula is C11H8ClNO3. The van der Waals surface area contributed by atoms with Gasteiger partial charge in [0.25, 0.3) is 0 Å². The summed E-state index contributed by atoms with van der Waals surface area (Å²) in [4.78, 5) is 11.6. The van der Waals surface area contributed by atoms with E-state index in [0.29, 0.717) is 10.8 Å². The van der Waals surface area contributed by atoms with Crippen LogP contribution in [-0.2, 0) is 0 Å². The normalized spacial score (nSPS) is 10.1. The van der Waals surface area contributed by atoms with E-state index in [-0.39, 0.29) is 11.4 Å². The number of nitrogens with two attached hydrogens (primary N) is 1. The second kappa shape index (κ2) is 4.28. The highest BCUT2D eigenvalue weighted by atomic mass is 35.5. The lowest BCUT2D eigenvalue weighted by molar-refractivity contribution is 0.0735. The Morgan fingerprint density at radius 3 is 2.50 bits per heavy atom. The van der Waals surface area contributed by atoms with Crippen molar-refractivity contribution >= 4 is 23.5 Å². The van der Waals surface area contributed by atoms with Crippen LogP contribution in [0.25, 0.3) is 0 Å². The molecule has 1 heterocycles. The van der Waals surface area contributed by atoms with Gasteiger partial charge >= 0.3 is 5.97 Å². The van der Waals surface area contributed by atoms with Crippen LogP contribution in [0.3, 0.4) is 0 Å². The molecule has 1 aromatic carbocycles. The Morgan fingerprint density at radius 2 is 1.94 bits per heavy atom. The minimum absolute atomic E-state index is 0.0407. The molecule has 0 radical (unpaired) electrons. The molecule has 0 atom stereocenters. The lowest BCUT2D eigenvalue weighted by Gasteiger charge is -2.02. The summed E-state index contributed by atoms with van der Waals surface area (Å²) in [6.07, 6.45) is 1.33. The second-order valence-corrected chi connectivity index (χ2v) is 3.48. The fourth-order valence-corrected chi connectivity index (χ4v) is 1.28. The molecule has 0 saturated heterocycles. The summed E-state index contributed by atoms with van der Waals surface area (Å²) in [6, 6.07) is 7.90. The predicted octanol–water partition coefficient (Wildman–Crippen LogP) is 2.73. The van der Waals surface area contributed by atoms with Crippen molar-refractivity contribution in [3.8, 4) is 5.75 Å². The number of esters is 1. The monoisotopic (exact) mass is 237 g/mol. The number of ether oxygens (including phenoxy) is 1. The molecule has 0 saturated carbocycles. The van der Waals surface area contributed by atoms with Gasteiger partial charge in [0.05, 0.1) is 6.26 Å². The van der Waals surface area contributed by atoms with Gasteiger partial charge in [0, 0.05) is 5.02 Å². The van der Waals surface area contributed by atoms with E-state index >= 15 is 0 Å². The number of hydrogen-bond donors (Lipinski definition) is 1. The maximum Gasteiger partial charge on any atom is 0.349 e. The summed E-state index contributed by atoms with van der Waals surface area (Å²) in [7, 11) is 0. The van der Waals surface area contributed by atoms with Gasteiger partial charge < -0.3 is 14.9 Å². The average molecular weight is 238 g/mol. The van der Waals surface area contributed by atoms with Crippen LogP contribution in [0.4, 0.5) is 5.88 Å². The summed E-state index contributed by atoms with van der Waals surface area (Å²) in [6.45, 7) is 0. The van der Waals surface area contributed by atoms with Gasteiger partial charge in [-0.2, -0.15) is 0 Å². The zero-order chi connectivity index (χ0) is 11.5. The van der Waals surface area contributed by atoms with E-state index in [2.05, 4.69) is 0 Å². The molecule has 0 spiro atoms. The van der Waals surface area contributed by atoms with Crippen LogP contribution < -0.4 is 10.5 Å². The summed E-state index contributed by atoms with van der Waals surface area (Å²) in [5.41, 5.74) is 5.63. The van der Waals surface area contributed by atoms with Crippen LogP contribution in [0.2, 0.25) is 5.02 Å². The molecule has 0 bridgehead atoms. The topological polar surface area (TPSA) is 65.5 Å². The van der Waals surface area contributed by atoms with Gasteiger partial charge in [0.15, 0.2) is 0 Å². The molecule has 4 nitrogen and oxygen atoms in total. The van der Waals surface area contributed by atoms with E-state index in [0.717, 1.165) is 0 Å². The van der Waals surface area contributed by atoms with Crippen molar-refractivity contribution in [2.45, 2.75) is 0 Å². The Morgan fingerprint density at radius 1 is 1.25 bits per heavy atom. The molecule has 0 aliphatic rings. The molecule has 0 aliphatic carbocycles. The molecule has 0 unspecified atom stereocenters. The molecule has 0 fully saturated rings. The van der Waals surface area contributed by atoms with E-state index in [1.165, 1.54) is 12.3 Å². The Kier molecular flexibility index (Phi) is 2.83. The smallest absolute Gasteiger partial charge is 0.349 e. The van der Waals surface area contributed by atoms with Gasteiger partial charge in [-0.3, -0.25) is 0 Å². The number of nitrogen functional groups attached to an aromatic ring is 1. The van der Waals surface area contributed by atoms with Gasteiger partial charge in [-0.15, -0.1) is 0 Å². The number of carbonyl (C=O) groups is 1. The number of rotatable bonds is 2. The van der Waals surface area contributed by atoms with Gasteiger partial charge in [0.2, 0.25) is 5.88 Å². The van der Waals surface area contributed by atoms with Crippen LogP contribution in [-0.4, -0.2) is 5.97 Å². The predicted molar refractivity (Wildman–Crippen MR) is 59.5 cm³/mol. The first-order chi connectivity index (χ1) is 7.66. The number of anilines is 1. The Hall–Kier alpha value is -1.94. The standard InChI is InChI=1S/C11H8ClNO3/c12-7-1-3-8(4-2-7)16-11(14)9-5-6-15-10(9)13/h1-6H,13H2. The molecule has 2 N–H and O–H groups in total. The molecule has 16 heavy (non-hydrogen) atoms. The van der Waals surface area contributed by atoms with Crippen molar-refractivity contribution < 1.29 is 13.9 Å². The van der Waals surface area contributed by atoms with E-state index in [1.807, 2.05) is 0 Å². The third-order valence-corrected chi connectivity index (χ3v) is 2.19. The van der Waals surface area contributed by atoms with Crippen molar-refractivity contribution in [1.29, 1.82) is 0 Å². The molecular weight excluding hydrogens is 230 g/mol. The van der Waals surface area contributed by atoms with Crippen molar-refractivity contribution in [3.63, 3.8) is 0 Å². The Balaban J connectivity index is 2.14. The third kappa shape index (κ3) is 2.17. The van der Waals surface area contributed by atoms with Crippen LogP contribution in [0.5, 0.6) is 5.75 Å². The molecule has 5 heteroatoms. The maximum absolute atomic E-state index is 11.6. The second-order valence-electron chi connectivity index (χ2n) is 3.04. The average Bonchev–Trinajstić information content (AvgIpc) is 2.68. The largest absolute Gasteiger partial charge is 0.448 e. The van der Waals surface area contributed by atoms with Crippen LogP contribution in [0.15, 0.2) is 41.0 Å². The first-order valence-corrected chi connectivity index (χ1v) is 4.85. The molecule has 2 aromatic rings. The van der Waals surface area contributed by atoms with Gasteiger partial charge in [-0.05, 0) is 30.3 Å². The Labute approximate surface area is 96.6 Å². The Bertz CT molecular complexity index is 504. The summed E-state index contributed by atoms with van der Waals surface area (Å²) in [5, 5.41) is 0.572. The summed E-state index contributed by atoms with van der Waals surface area (Å²) in [5.74, 6) is -0.123. The molecule has 0 amide bonds. The highest BCUT2D eigenvalue weighted by Gasteiger charge is 2.14. The first-order valence-electron chi connectivity index (χ1n) is 4.47. The molecule has 82 valence electrons. The highest BCUT2D eigenvalue weighted by molar-refractivity contribution is 6.30. The van der Waals surface area contributed by atoms with E-state index < -0.39 is 5.97 Å². The molecule has 1 aromatic heterocycles. The van der Waals surface area contributed by atoms with Gasteiger partial charge in [-0.1, -0.05) is 11.6 Å². The number of benzene rings is 1. The third-order valence-electron chi connectivity index (χ3n) is 1.94. The quantitative estimate of drug-likeness (QED) is 0.644. The summed E-state index contributed by atoms with van der Waals surface area (Å²) < 4.78 is 9.86. The molecule has 2 rings (SSSR count). The van der Waals surface area contributed by atoms with Crippen molar-refractivity contribution in [2.24, 2.45) is 0 Å². The van der Waals surface area contributed by atoms with Crippen LogP contribution in [0.1, 0.15) is 10.4 Å². The van der Waals surface area contributed by atoms with Gasteiger partial charge in [0.1, 0.15) is 11.3 Å². The number of carbonyl (C=O) groups excluding carboxylic acids is 1. The summed E-state index contributed by atoms with van der Waals surface area (Å²) >= 11 is 5.70. The minimum atomic E-state index is -0.562. The number of furan rings is 1. The van der Waals surface area contributed by atoms with Gasteiger partial charge in [-0.25, -0.2) is 4.79 Å². The zero-order valence-corrected chi connectivity index (χ0v) is 8.90. The number of hydrogen-bond acceptors (Lipinski definition) is 4. The van der Waals surface area contributed by atoms with Crippen LogP contribution in [0, 0.1) is 0 Å². The lowest BCUT2D eigenvalue weighted by atomic mass is 10.3. The first kappa shape index (κ1) is 10.6. The number of halogens is 1. The fourth-order valence-electron chi connectivity index (χ4n) is 1.15. The van der Waals surface area contributed by atoms with E-state index in [9.17, 15) is 4.79 Å². The minimum Gasteiger partial charge on any atom is -0.448 e. The highest BCUT2D eigenvalue weighted by Crippen LogP contribution is 2.19. The van der Waals surface area contributed by atoms with Crippen molar-refractivity contribution in [1.82, 2.24) is 0 Å². The van der Waals surface area contributed by atoms with E-state index in [4.69, 9.17) is 26.5 Å². The SMILES string of the molecule is Nc1occc1C(=O)Oc1ccc(Cl)cc1. The zero-order valence-electron chi connectivity index (χ0n) is 8.14. The van der Waals surface area contributed by atoms with Crippen molar-refractivity contribution in [3.05, 3.63) is 47.2 Å². The lowest BCUT2D eigenvalue weighted by Crippen LogP contribution is -2.09. The van der Waals surface area contributed by atoms with Crippen LogP contribution >= 0.6 is 11.6 Å². The molecule has 0 aliphatic heterocycles.